The van der Waals surface area contributed by atoms with E-state index in [1.54, 1.807) is 0 Å². The summed E-state index contributed by atoms with van der Waals surface area (Å²) in [4.78, 5) is 10.4. The smallest absolute Gasteiger partial charge is 0.244 e. The zero-order valence-electron chi connectivity index (χ0n) is 11.8. The van der Waals surface area contributed by atoms with Crippen molar-refractivity contribution in [3.63, 3.8) is 0 Å². The van der Waals surface area contributed by atoms with Gasteiger partial charge in [0.1, 0.15) is 12.9 Å². The molecule has 1 heterocycles. The van der Waals surface area contributed by atoms with Gasteiger partial charge in [-0.1, -0.05) is 0 Å². The predicted octanol–water partition coefficient (Wildman–Crippen LogP) is 1.32. The first-order valence-corrected chi connectivity index (χ1v) is 6.68. The van der Waals surface area contributed by atoms with E-state index in [9.17, 15) is 0 Å². The second-order valence-corrected chi connectivity index (χ2v) is 5.12. The van der Waals surface area contributed by atoms with Gasteiger partial charge in [-0.05, 0) is 33.7 Å². The summed E-state index contributed by atoms with van der Waals surface area (Å²) in [5.41, 5.74) is 6.30. The van der Waals surface area contributed by atoms with Crippen LogP contribution in [0.3, 0.4) is 0 Å². The molecule has 1 aromatic rings. The molecule has 0 atom stereocenters. The van der Waals surface area contributed by atoms with E-state index in [0.29, 0.717) is 24.1 Å². The predicted molar refractivity (Wildman–Crippen MR) is 73.4 cm³/mol. The highest BCUT2D eigenvalue weighted by molar-refractivity contribution is 5.55. The van der Waals surface area contributed by atoms with Crippen molar-refractivity contribution in [2.75, 3.05) is 25.9 Å². The first-order chi connectivity index (χ1) is 9.08. The van der Waals surface area contributed by atoms with E-state index in [1.807, 2.05) is 13.8 Å². The number of nitrogens with zero attached hydrogens (tertiary/aromatic N) is 3. The molecule has 0 saturated heterocycles. The highest BCUT2D eigenvalue weighted by Crippen LogP contribution is 2.28. The second kappa shape index (κ2) is 6.06. The van der Waals surface area contributed by atoms with Crippen LogP contribution < -0.4 is 15.2 Å². The van der Waals surface area contributed by atoms with Crippen LogP contribution in [-0.2, 0) is 0 Å². The second-order valence-electron chi connectivity index (χ2n) is 5.12. The molecular formula is C13H22N4O2. The fourth-order valence-electron chi connectivity index (χ4n) is 1.78. The van der Waals surface area contributed by atoms with Crippen molar-refractivity contribution in [2.24, 2.45) is 0 Å². The number of ether oxygens (including phenoxy) is 2. The maximum Gasteiger partial charge on any atom is 0.244 e. The first-order valence-electron chi connectivity index (χ1n) is 6.68. The van der Waals surface area contributed by atoms with E-state index in [-0.39, 0.29) is 6.10 Å². The molecule has 1 saturated carbocycles. The summed E-state index contributed by atoms with van der Waals surface area (Å²) in [7, 11) is 2.11. The Morgan fingerprint density at radius 2 is 2.05 bits per heavy atom. The van der Waals surface area contributed by atoms with Crippen molar-refractivity contribution in [1.82, 2.24) is 14.9 Å². The summed E-state index contributed by atoms with van der Waals surface area (Å²) in [5.74, 6) is 0.783. The number of likely N-dealkylation sites (N-methyl/N-ethyl adjacent to an activating group) is 1. The number of rotatable bonds is 7. The Labute approximate surface area is 113 Å². The molecule has 0 bridgehead atoms. The number of hydrogen-bond donors (Lipinski definition) is 1. The van der Waals surface area contributed by atoms with Gasteiger partial charge in [0.15, 0.2) is 5.69 Å². The minimum atomic E-state index is 0.0195. The third kappa shape index (κ3) is 3.96. The molecule has 2 rings (SSSR count). The summed E-state index contributed by atoms with van der Waals surface area (Å²) < 4.78 is 11.1. The van der Waals surface area contributed by atoms with Crippen LogP contribution in [0.1, 0.15) is 26.7 Å². The Kier molecular flexibility index (Phi) is 4.42. The average molecular weight is 266 g/mol. The summed E-state index contributed by atoms with van der Waals surface area (Å²) in [6, 6.07) is 0.728. The van der Waals surface area contributed by atoms with Gasteiger partial charge in [0.25, 0.3) is 0 Å². The molecule has 6 heteroatoms. The molecule has 1 aromatic heterocycles. The summed E-state index contributed by atoms with van der Waals surface area (Å²) in [6.45, 7) is 5.28. The van der Waals surface area contributed by atoms with Crippen LogP contribution in [-0.4, -0.2) is 47.2 Å². The van der Waals surface area contributed by atoms with Gasteiger partial charge in [0, 0.05) is 12.6 Å². The molecule has 1 aliphatic carbocycles. The summed E-state index contributed by atoms with van der Waals surface area (Å²) in [5, 5.41) is 0. The van der Waals surface area contributed by atoms with Crippen molar-refractivity contribution in [2.45, 2.75) is 38.8 Å². The number of aromatic nitrogens is 2. The SMILES string of the molecule is CC(C)Oc1ncnc(OCCN(C)C2CC2)c1N. The molecule has 1 aliphatic rings. The van der Waals surface area contributed by atoms with E-state index in [2.05, 4.69) is 21.9 Å². The van der Waals surface area contributed by atoms with Gasteiger partial charge in [-0.3, -0.25) is 0 Å². The lowest BCUT2D eigenvalue weighted by Gasteiger charge is -2.17. The monoisotopic (exact) mass is 266 g/mol. The molecule has 2 N–H and O–H groups in total. The van der Waals surface area contributed by atoms with Crippen LogP contribution in [0.5, 0.6) is 11.8 Å². The topological polar surface area (TPSA) is 73.5 Å². The van der Waals surface area contributed by atoms with Gasteiger partial charge in [0.05, 0.1) is 6.10 Å². The minimum absolute atomic E-state index is 0.0195. The van der Waals surface area contributed by atoms with Crippen molar-refractivity contribution in [1.29, 1.82) is 0 Å². The molecule has 0 radical (unpaired) electrons. The molecule has 0 aromatic carbocycles. The average Bonchev–Trinajstić information content (AvgIpc) is 3.17. The Bertz CT molecular complexity index is 421. The Balaban J connectivity index is 1.88. The van der Waals surface area contributed by atoms with E-state index in [4.69, 9.17) is 15.2 Å². The molecule has 0 amide bonds. The molecule has 6 nitrogen and oxygen atoms in total. The lowest BCUT2D eigenvalue weighted by atomic mass is 10.4. The highest BCUT2D eigenvalue weighted by Gasteiger charge is 2.25. The molecular weight excluding hydrogens is 244 g/mol. The van der Waals surface area contributed by atoms with E-state index in [0.717, 1.165) is 12.6 Å². The first kappa shape index (κ1) is 13.9. The molecule has 19 heavy (non-hydrogen) atoms. The Hall–Kier alpha value is -1.56. The van der Waals surface area contributed by atoms with Crippen LogP contribution in [0, 0.1) is 0 Å². The van der Waals surface area contributed by atoms with Crippen molar-refractivity contribution in [3.8, 4) is 11.8 Å². The van der Waals surface area contributed by atoms with E-state index < -0.39 is 0 Å². The zero-order valence-corrected chi connectivity index (χ0v) is 11.8. The third-order valence-electron chi connectivity index (χ3n) is 3.01. The standard InChI is InChI=1S/C13H22N4O2/c1-9(2)19-13-11(14)12(15-8-16-13)18-7-6-17(3)10-4-5-10/h8-10H,4-7,14H2,1-3H3. The van der Waals surface area contributed by atoms with Crippen LogP contribution in [0.2, 0.25) is 0 Å². The van der Waals surface area contributed by atoms with E-state index >= 15 is 0 Å². The van der Waals surface area contributed by atoms with Crippen molar-refractivity contribution in [3.05, 3.63) is 6.33 Å². The molecule has 106 valence electrons. The normalized spacial score (nSPS) is 15.0. The van der Waals surface area contributed by atoms with Gasteiger partial charge in [-0.2, -0.15) is 9.97 Å². The number of nitrogen functional groups attached to an aromatic ring is 1. The fourth-order valence-corrected chi connectivity index (χ4v) is 1.78. The number of nitrogens with two attached hydrogens (primary N) is 1. The van der Waals surface area contributed by atoms with Gasteiger partial charge in [-0.15, -0.1) is 0 Å². The fraction of sp³-hybridized carbons (Fsp3) is 0.692. The quantitative estimate of drug-likeness (QED) is 0.802. The largest absolute Gasteiger partial charge is 0.475 e. The van der Waals surface area contributed by atoms with Gasteiger partial charge in [-0.25, -0.2) is 0 Å². The zero-order chi connectivity index (χ0) is 13.8. The molecule has 1 fully saturated rings. The van der Waals surface area contributed by atoms with Crippen molar-refractivity contribution < 1.29 is 9.47 Å². The lowest BCUT2D eigenvalue weighted by molar-refractivity contribution is 0.218. The van der Waals surface area contributed by atoms with Crippen LogP contribution in [0.25, 0.3) is 0 Å². The lowest BCUT2D eigenvalue weighted by Crippen LogP contribution is -2.26. The Morgan fingerprint density at radius 3 is 2.68 bits per heavy atom. The van der Waals surface area contributed by atoms with Gasteiger partial charge >= 0.3 is 0 Å². The summed E-state index contributed by atoms with van der Waals surface area (Å²) >= 11 is 0. The maximum absolute atomic E-state index is 5.93. The Morgan fingerprint density at radius 1 is 1.37 bits per heavy atom. The van der Waals surface area contributed by atoms with Gasteiger partial charge < -0.3 is 20.1 Å². The van der Waals surface area contributed by atoms with Gasteiger partial charge in [0.2, 0.25) is 11.8 Å². The van der Waals surface area contributed by atoms with Crippen LogP contribution in [0.15, 0.2) is 6.33 Å². The summed E-state index contributed by atoms with van der Waals surface area (Å²) in [6.07, 6.45) is 4.01. The third-order valence-corrected chi connectivity index (χ3v) is 3.01. The number of hydrogen-bond acceptors (Lipinski definition) is 6. The molecule has 0 aliphatic heterocycles. The van der Waals surface area contributed by atoms with E-state index in [1.165, 1.54) is 19.2 Å². The highest BCUT2D eigenvalue weighted by atomic mass is 16.5. The van der Waals surface area contributed by atoms with Crippen LogP contribution in [0.4, 0.5) is 5.69 Å². The minimum Gasteiger partial charge on any atom is -0.475 e. The molecule has 0 unspecified atom stereocenters. The van der Waals surface area contributed by atoms with Crippen molar-refractivity contribution >= 4 is 5.69 Å². The maximum atomic E-state index is 5.93. The van der Waals surface area contributed by atoms with Crippen LogP contribution >= 0.6 is 0 Å². The molecule has 0 spiro atoms. The number of anilines is 1.